The summed E-state index contributed by atoms with van der Waals surface area (Å²) >= 11 is 0. The summed E-state index contributed by atoms with van der Waals surface area (Å²) in [5.41, 5.74) is 4.63. The Morgan fingerprint density at radius 3 is 2.26 bits per heavy atom. The minimum Gasteiger partial charge on any atom is -0.348 e. The van der Waals surface area contributed by atoms with E-state index in [1.54, 1.807) is 0 Å². The molecule has 2 atom stereocenters. The quantitative estimate of drug-likeness (QED) is 0.901. The summed E-state index contributed by atoms with van der Waals surface area (Å²) in [7, 11) is 0. The van der Waals surface area contributed by atoms with Crippen LogP contribution in [0.1, 0.15) is 31.0 Å². The van der Waals surface area contributed by atoms with Crippen molar-refractivity contribution in [2.45, 2.75) is 32.1 Å². The van der Waals surface area contributed by atoms with Gasteiger partial charge in [-0.3, -0.25) is 4.79 Å². The van der Waals surface area contributed by atoms with E-state index in [2.05, 4.69) is 5.32 Å². The molecule has 0 radical (unpaired) electrons. The monoisotopic (exact) mass is 296 g/mol. The topological polar surface area (TPSA) is 55.1 Å². The number of nitrogens with two attached hydrogens (primary N) is 1. The average molecular weight is 297 g/mol. The summed E-state index contributed by atoms with van der Waals surface area (Å²) in [4.78, 5) is 11.4. The van der Waals surface area contributed by atoms with Crippen LogP contribution < -0.4 is 11.1 Å². The molecule has 0 aliphatic heterocycles. The molecule has 0 heterocycles. The predicted octanol–water partition coefficient (Wildman–Crippen LogP) is 2.65. The molecule has 1 aromatic rings. The third-order valence-electron chi connectivity index (χ3n) is 2.51. The van der Waals surface area contributed by atoms with E-state index in [4.69, 9.17) is 5.73 Å². The van der Waals surface area contributed by atoms with E-state index in [1.165, 1.54) is 32.0 Å². The van der Waals surface area contributed by atoms with E-state index < -0.39 is 29.7 Å². The molecule has 7 heteroatoms. The number of halogens is 4. The van der Waals surface area contributed by atoms with Crippen molar-refractivity contribution in [2.75, 3.05) is 0 Å². The lowest BCUT2D eigenvalue weighted by Crippen LogP contribution is -2.39. The Hall–Kier alpha value is -1.27. The molecule has 19 heavy (non-hydrogen) atoms. The van der Waals surface area contributed by atoms with Crippen molar-refractivity contribution < 1.29 is 18.0 Å². The zero-order chi connectivity index (χ0) is 13.9. The minimum atomic E-state index is -4.44. The van der Waals surface area contributed by atoms with Crippen molar-refractivity contribution in [1.82, 2.24) is 5.32 Å². The van der Waals surface area contributed by atoms with Gasteiger partial charge in [-0.25, -0.2) is 0 Å². The number of hydrogen-bond donors (Lipinski definition) is 2. The van der Waals surface area contributed by atoms with E-state index in [0.717, 1.165) is 6.07 Å². The Labute approximate surface area is 115 Å². The summed E-state index contributed by atoms with van der Waals surface area (Å²) in [5, 5.41) is 2.44. The lowest BCUT2D eigenvalue weighted by molar-refractivity contribution is -0.138. The van der Waals surface area contributed by atoms with Crippen molar-refractivity contribution in [3.8, 4) is 0 Å². The normalized spacial score (nSPS) is 14.2. The molecule has 108 valence electrons. The average Bonchev–Trinajstić information content (AvgIpc) is 2.27. The number of alkyl halides is 3. The number of nitrogens with one attached hydrogen (secondary N) is 1. The van der Waals surface area contributed by atoms with E-state index >= 15 is 0 Å². The smallest absolute Gasteiger partial charge is 0.348 e. The molecular weight excluding hydrogens is 281 g/mol. The number of benzene rings is 1. The van der Waals surface area contributed by atoms with Crippen LogP contribution in [0.2, 0.25) is 0 Å². The molecule has 0 saturated heterocycles. The van der Waals surface area contributed by atoms with Gasteiger partial charge in [-0.15, -0.1) is 12.4 Å². The van der Waals surface area contributed by atoms with E-state index in [0.29, 0.717) is 0 Å². The summed E-state index contributed by atoms with van der Waals surface area (Å²) in [6.07, 6.45) is -4.44. The van der Waals surface area contributed by atoms with Crippen molar-refractivity contribution >= 4 is 18.3 Å². The maximum atomic E-state index is 12.8. The number of amides is 1. The maximum Gasteiger partial charge on any atom is 0.416 e. The van der Waals surface area contributed by atoms with Crippen molar-refractivity contribution in [1.29, 1.82) is 0 Å². The second-order valence-corrected chi connectivity index (χ2v) is 4.10. The van der Waals surface area contributed by atoms with Crippen molar-refractivity contribution in [2.24, 2.45) is 5.73 Å². The Morgan fingerprint density at radius 1 is 1.26 bits per heavy atom. The Bertz CT molecular complexity index is 435. The van der Waals surface area contributed by atoms with Gasteiger partial charge in [-0.05, 0) is 25.5 Å². The maximum absolute atomic E-state index is 12.8. The van der Waals surface area contributed by atoms with Crippen LogP contribution in [0.5, 0.6) is 0 Å². The molecule has 0 aliphatic carbocycles. The highest BCUT2D eigenvalue weighted by Crippen LogP contribution is 2.34. The molecule has 3 nitrogen and oxygen atoms in total. The molecule has 0 saturated carbocycles. The molecule has 0 spiro atoms. The van der Waals surface area contributed by atoms with Gasteiger partial charge in [0.2, 0.25) is 5.91 Å². The Balaban J connectivity index is 0.00000324. The largest absolute Gasteiger partial charge is 0.416 e. The fraction of sp³-hybridized carbons (Fsp3) is 0.417. The fourth-order valence-corrected chi connectivity index (χ4v) is 1.56. The van der Waals surface area contributed by atoms with Crippen LogP contribution in [0.25, 0.3) is 0 Å². The molecule has 0 aliphatic rings. The van der Waals surface area contributed by atoms with Crippen LogP contribution in [-0.4, -0.2) is 11.9 Å². The number of carbonyl (C=O) groups excluding carboxylic acids is 1. The van der Waals surface area contributed by atoms with Gasteiger partial charge in [0, 0.05) is 0 Å². The molecule has 1 unspecified atom stereocenters. The second-order valence-electron chi connectivity index (χ2n) is 4.10. The van der Waals surface area contributed by atoms with Crippen LogP contribution >= 0.6 is 12.4 Å². The summed E-state index contributed by atoms with van der Waals surface area (Å²) < 4.78 is 38.3. The SMILES string of the molecule is CC(NC(=O)[C@@H](C)N)c1ccccc1C(F)(F)F.Cl. The first-order valence-corrected chi connectivity index (χ1v) is 5.45. The predicted molar refractivity (Wildman–Crippen MR) is 68.9 cm³/mol. The first kappa shape index (κ1) is 17.7. The lowest BCUT2D eigenvalue weighted by Gasteiger charge is -2.20. The second kappa shape index (κ2) is 6.77. The van der Waals surface area contributed by atoms with Gasteiger partial charge in [0.25, 0.3) is 0 Å². The van der Waals surface area contributed by atoms with Crippen LogP contribution in [-0.2, 0) is 11.0 Å². The molecule has 1 amide bonds. The first-order chi connectivity index (χ1) is 8.23. The third-order valence-corrected chi connectivity index (χ3v) is 2.51. The van der Waals surface area contributed by atoms with Crippen molar-refractivity contribution in [3.63, 3.8) is 0 Å². The molecule has 0 aromatic heterocycles. The summed E-state index contributed by atoms with van der Waals surface area (Å²) in [6, 6.07) is 3.64. The van der Waals surface area contributed by atoms with Gasteiger partial charge in [-0.1, -0.05) is 18.2 Å². The van der Waals surface area contributed by atoms with Gasteiger partial charge in [0.05, 0.1) is 17.6 Å². The van der Waals surface area contributed by atoms with Crippen LogP contribution in [0.3, 0.4) is 0 Å². The lowest BCUT2D eigenvalue weighted by atomic mass is 10.0. The Morgan fingerprint density at radius 2 is 1.79 bits per heavy atom. The molecule has 0 fully saturated rings. The first-order valence-electron chi connectivity index (χ1n) is 5.45. The van der Waals surface area contributed by atoms with Crippen LogP contribution in [0.4, 0.5) is 13.2 Å². The molecule has 1 rings (SSSR count). The molecular formula is C12H16ClF3N2O. The van der Waals surface area contributed by atoms with E-state index in [1.807, 2.05) is 0 Å². The Kier molecular flexibility index (Phi) is 6.32. The zero-order valence-electron chi connectivity index (χ0n) is 10.5. The summed E-state index contributed by atoms with van der Waals surface area (Å²) in [6.45, 7) is 2.96. The fourth-order valence-electron chi connectivity index (χ4n) is 1.56. The molecule has 1 aromatic carbocycles. The van der Waals surface area contributed by atoms with Crippen LogP contribution in [0, 0.1) is 0 Å². The standard InChI is InChI=1S/C12H15F3N2O.ClH/c1-7(16)11(18)17-8(2)9-5-3-4-6-10(9)12(13,14)15;/h3-8H,16H2,1-2H3,(H,17,18);1H/t7-,8?;/m1./s1. The van der Waals surface area contributed by atoms with E-state index in [9.17, 15) is 18.0 Å². The number of rotatable bonds is 3. The summed E-state index contributed by atoms with van der Waals surface area (Å²) in [5.74, 6) is -0.487. The van der Waals surface area contributed by atoms with E-state index in [-0.39, 0.29) is 18.0 Å². The van der Waals surface area contributed by atoms with Gasteiger partial charge >= 0.3 is 6.18 Å². The van der Waals surface area contributed by atoms with Gasteiger partial charge in [0.15, 0.2) is 0 Å². The van der Waals surface area contributed by atoms with Crippen molar-refractivity contribution in [3.05, 3.63) is 35.4 Å². The third kappa shape index (κ3) is 4.72. The highest BCUT2D eigenvalue weighted by Gasteiger charge is 2.34. The van der Waals surface area contributed by atoms with Crippen LogP contribution in [0.15, 0.2) is 24.3 Å². The minimum absolute atomic E-state index is 0. The highest BCUT2D eigenvalue weighted by molar-refractivity contribution is 5.85. The highest BCUT2D eigenvalue weighted by atomic mass is 35.5. The van der Waals surface area contributed by atoms with Gasteiger partial charge in [-0.2, -0.15) is 13.2 Å². The van der Waals surface area contributed by atoms with Gasteiger partial charge in [0.1, 0.15) is 0 Å². The number of carbonyl (C=O) groups is 1. The molecule has 3 N–H and O–H groups in total. The zero-order valence-corrected chi connectivity index (χ0v) is 11.3. The number of hydrogen-bond acceptors (Lipinski definition) is 2. The molecule has 0 bridgehead atoms. The van der Waals surface area contributed by atoms with Gasteiger partial charge < -0.3 is 11.1 Å².